The molecular weight excluding hydrogens is 572 g/mol. The molecule has 2 N–H and O–H groups in total. The number of barbiturate groups is 2. The average molecular weight is 601 g/mol. The highest BCUT2D eigenvalue weighted by Gasteiger charge is 2.42. The number of rotatable bonds is 8. The molecule has 2 fully saturated rings. The van der Waals surface area contributed by atoms with Crippen LogP contribution in [0.1, 0.15) is 28.2 Å². The van der Waals surface area contributed by atoms with Crippen LogP contribution in [0.4, 0.5) is 9.59 Å². The van der Waals surface area contributed by atoms with Crippen molar-refractivity contribution in [3.05, 3.63) is 131 Å². The first-order chi connectivity index (χ1) is 21.8. The van der Waals surface area contributed by atoms with Gasteiger partial charge in [0, 0.05) is 0 Å². The van der Waals surface area contributed by atoms with Crippen molar-refractivity contribution in [2.45, 2.75) is 25.4 Å². The Labute approximate surface area is 258 Å². The molecule has 0 aromatic heterocycles. The van der Waals surface area contributed by atoms with Crippen LogP contribution in [0.15, 0.2) is 109 Å². The van der Waals surface area contributed by atoms with Crippen LogP contribution in [0.2, 0.25) is 0 Å². The van der Waals surface area contributed by atoms with Crippen LogP contribution in [-0.4, -0.2) is 45.5 Å². The lowest BCUT2D eigenvalue weighted by atomic mass is 9.95. The van der Waals surface area contributed by atoms with Crippen LogP contribution in [0, 0.1) is 5.92 Å². The van der Waals surface area contributed by atoms with E-state index in [1.54, 1.807) is 42.5 Å². The summed E-state index contributed by atoms with van der Waals surface area (Å²) in [4.78, 5) is 78.3. The summed E-state index contributed by atoms with van der Waals surface area (Å²) in [5.41, 5.74) is 4.50. The summed E-state index contributed by atoms with van der Waals surface area (Å²) in [6.07, 6.45) is 0.201. The number of imide groups is 4. The van der Waals surface area contributed by atoms with Crippen LogP contribution in [0.25, 0.3) is 11.1 Å². The van der Waals surface area contributed by atoms with Crippen molar-refractivity contribution in [3.63, 3.8) is 0 Å². The molecule has 0 spiro atoms. The van der Waals surface area contributed by atoms with Gasteiger partial charge in [-0.25, -0.2) is 9.59 Å². The summed E-state index contributed by atoms with van der Waals surface area (Å²) in [5.74, 6) is -4.43. The Morgan fingerprint density at radius 3 is 1.49 bits per heavy atom. The molecule has 2 unspecified atom stereocenters. The Morgan fingerprint density at radius 2 is 0.956 bits per heavy atom. The normalized spacial score (nSPS) is 18.6. The third-order valence-electron chi connectivity index (χ3n) is 7.94. The van der Waals surface area contributed by atoms with Crippen molar-refractivity contribution >= 4 is 35.7 Å². The fraction of sp³-hybridized carbons (Fsp3) is 0.143. The zero-order chi connectivity index (χ0) is 31.5. The minimum atomic E-state index is -1.09. The maximum Gasteiger partial charge on any atom is 0.331 e. The Balaban J connectivity index is 1.11. The van der Waals surface area contributed by atoms with Gasteiger partial charge in [-0.05, 0) is 39.8 Å². The molecule has 0 bridgehead atoms. The molecule has 0 saturated carbocycles. The van der Waals surface area contributed by atoms with Gasteiger partial charge in [-0.1, -0.05) is 109 Å². The van der Waals surface area contributed by atoms with E-state index in [1.165, 1.54) is 0 Å². The molecule has 2 saturated heterocycles. The van der Waals surface area contributed by atoms with Gasteiger partial charge < -0.3 is 0 Å². The molecule has 6 rings (SSSR count). The van der Waals surface area contributed by atoms with E-state index in [9.17, 15) is 28.8 Å². The number of hydrogen-bond acceptors (Lipinski definition) is 6. The van der Waals surface area contributed by atoms with Crippen LogP contribution in [0.5, 0.6) is 0 Å². The van der Waals surface area contributed by atoms with E-state index in [1.807, 2.05) is 66.7 Å². The minimum Gasteiger partial charge on any atom is -0.277 e. The molecule has 2 atom stereocenters. The number of hydrogen-bond donors (Lipinski definition) is 2. The third kappa shape index (κ3) is 6.12. The summed E-state index contributed by atoms with van der Waals surface area (Å²) < 4.78 is 0. The van der Waals surface area contributed by atoms with Gasteiger partial charge >= 0.3 is 12.1 Å². The second-order valence-electron chi connectivity index (χ2n) is 10.9. The van der Waals surface area contributed by atoms with E-state index in [0.29, 0.717) is 16.7 Å². The second-order valence-corrected chi connectivity index (χ2v) is 10.9. The van der Waals surface area contributed by atoms with Gasteiger partial charge in [0.15, 0.2) is 0 Å². The first-order valence-electron chi connectivity index (χ1n) is 14.4. The highest BCUT2D eigenvalue weighted by atomic mass is 16.2. The van der Waals surface area contributed by atoms with Crippen molar-refractivity contribution in [1.29, 1.82) is 0 Å². The van der Waals surface area contributed by atoms with Gasteiger partial charge in [0.2, 0.25) is 23.6 Å². The van der Waals surface area contributed by atoms with E-state index in [-0.39, 0.29) is 19.5 Å². The Kier molecular flexibility index (Phi) is 8.03. The zero-order valence-corrected chi connectivity index (χ0v) is 24.0. The van der Waals surface area contributed by atoms with E-state index >= 15 is 0 Å². The maximum absolute atomic E-state index is 13.1. The van der Waals surface area contributed by atoms with Gasteiger partial charge in [-0.3, -0.25) is 39.6 Å². The Hall–Kier alpha value is -5.90. The molecule has 224 valence electrons. The fourth-order valence-electron chi connectivity index (χ4n) is 5.51. The molecule has 0 radical (unpaired) electrons. The van der Waals surface area contributed by atoms with Crippen molar-refractivity contribution < 1.29 is 28.8 Å². The molecule has 2 heterocycles. The lowest BCUT2D eigenvalue weighted by Crippen LogP contribution is -2.57. The molecule has 8 amide bonds. The largest absolute Gasteiger partial charge is 0.331 e. The summed E-state index contributed by atoms with van der Waals surface area (Å²) in [6.45, 7) is 0.0149. The van der Waals surface area contributed by atoms with Crippen molar-refractivity contribution in [1.82, 2.24) is 20.4 Å². The molecule has 2 aliphatic rings. The second kappa shape index (κ2) is 12.4. The highest BCUT2D eigenvalue weighted by molar-refractivity contribution is 6.19. The Bertz CT molecular complexity index is 1790. The first-order valence-corrected chi connectivity index (χ1v) is 14.4. The number of urea groups is 2. The van der Waals surface area contributed by atoms with Crippen molar-refractivity contribution in [2.24, 2.45) is 5.92 Å². The van der Waals surface area contributed by atoms with E-state index in [4.69, 9.17) is 0 Å². The summed E-state index contributed by atoms with van der Waals surface area (Å²) in [5, 5.41) is 4.58. The summed E-state index contributed by atoms with van der Waals surface area (Å²) in [6, 6.07) is 31.0. The number of benzene rings is 4. The lowest BCUT2D eigenvalue weighted by Gasteiger charge is -2.30. The molecule has 2 aliphatic heterocycles. The average Bonchev–Trinajstić information content (AvgIpc) is 3.05. The predicted octanol–water partition coefficient (Wildman–Crippen LogP) is 4.15. The molecular formula is C35H28N4O6. The third-order valence-corrected chi connectivity index (χ3v) is 7.94. The van der Waals surface area contributed by atoms with E-state index in [0.717, 1.165) is 26.5 Å². The number of amides is 8. The number of nitrogens with zero attached hydrogens (tertiary/aromatic N) is 2. The van der Waals surface area contributed by atoms with E-state index in [2.05, 4.69) is 10.6 Å². The molecule has 10 heteroatoms. The van der Waals surface area contributed by atoms with Crippen molar-refractivity contribution in [2.75, 3.05) is 0 Å². The number of carbonyl (C=O) groups excluding carboxylic acids is 6. The Morgan fingerprint density at radius 1 is 0.489 bits per heavy atom. The maximum atomic E-state index is 13.1. The van der Waals surface area contributed by atoms with Crippen molar-refractivity contribution in [3.8, 4) is 11.1 Å². The first kappa shape index (κ1) is 29.2. The topological polar surface area (TPSA) is 133 Å². The van der Waals surface area contributed by atoms with Gasteiger partial charge in [-0.2, -0.15) is 0 Å². The molecule has 4 aromatic carbocycles. The molecule has 0 aliphatic carbocycles. The summed E-state index contributed by atoms with van der Waals surface area (Å²) in [7, 11) is 0. The molecule has 10 nitrogen and oxygen atoms in total. The predicted molar refractivity (Wildman–Crippen MR) is 163 cm³/mol. The van der Waals surface area contributed by atoms with Crippen LogP contribution in [-0.2, 0) is 38.7 Å². The molecule has 4 aromatic rings. The number of nitrogens with one attached hydrogen (secondary N) is 2. The fourth-order valence-corrected chi connectivity index (χ4v) is 5.51. The quantitative estimate of drug-likeness (QED) is 0.292. The standard InChI is InChI=1S/C35H28N4O6/c40-30-28(19-22-7-3-1-4-8-22)32(42)38(34(44)36-30)20-23-11-15-25(16-12-23)26-17-13-24(14-18-26)21-39-33(43)29(31(41)37-35(39)45)27-9-5-2-6-10-27/h1-18,28-29H,19-21H2,(H,36,40,44)(H,37,41,45). The highest BCUT2D eigenvalue weighted by Crippen LogP contribution is 2.26. The zero-order valence-electron chi connectivity index (χ0n) is 24.0. The van der Waals surface area contributed by atoms with Gasteiger partial charge in [0.1, 0.15) is 11.8 Å². The van der Waals surface area contributed by atoms with Gasteiger partial charge in [0.05, 0.1) is 13.1 Å². The minimum absolute atomic E-state index is 0.000193. The van der Waals surface area contributed by atoms with Gasteiger partial charge in [0.25, 0.3) is 0 Å². The van der Waals surface area contributed by atoms with Crippen LogP contribution < -0.4 is 10.6 Å². The SMILES string of the molecule is O=C1NC(=O)N(Cc2ccc(-c3ccc(CN4C(=O)NC(=O)C(c5ccccc5)C4=O)cc3)cc2)C(=O)C1Cc1ccccc1. The van der Waals surface area contributed by atoms with Crippen LogP contribution in [0.3, 0.4) is 0 Å². The monoisotopic (exact) mass is 600 g/mol. The molecule has 45 heavy (non-hydrogen) atoms. The van der Waals surface area contributed by atoms with Gasteiger partial charge in [-0.15, -0.1) is 0 Å². The van der Waals surface area contributed by atoms with Crippen LogP contribution >= 0.6 is 0 Å². The lowest BCUT2D eigenvalue weighted by molar-refractivity contribution is -0.143. The number of carbonyl (C=O) groups is 6. The van der Waals surface area contributed by atoms with E-state index < -0.39 is 47.5 Å². The summed E-state index contributed by atoms with van der Waals surface area (Å²) >= 11 is 0. The smallest absolute Gasteiger partial charge is 0.277 e.